The van der Waals surface area contributed by atoms with Gasteiger partial charge >= 0.3 is 0 Å². The molecule has 4 nitrogen and oxygen atoms in total. The SMILES string of the molecule is COc1ccc(C(CNCCC#N)N(C)C)cc1. The topological polar surface area (TPSA) is 48.3 Å². The van der Waals surface area contributed by atoms with Gasteiger partial charge in [-0.1, -0.05) is 12.1 Å². The third-order valence-electron chi connectivity index (χ3n) is 2.88. The lowest BCUT2D eigenvalue weighted by Crippen LogP contribution is -2.31. The molecule has 98 valence electrons. The molecule has 1 aromatic rings. The summed E-state index contributed by atoms with van der Waals surface area (Å²) in [6.45, 7) is 1.57. The predicted octanol–water partition coefficient (Wildman–Crippen LogP) is 1.80. The van der Waals surface area contributed by atoms with Crippen LogP contribution in [0, 0.1) is 11.3 Å². The number of hydrogen-bond acceptors (Lipinski definition) is 4. The number of nitriles is 1. The van der Waals surface area contributed by atoms with Gasteiger partial charge in [0.2, 0.25) is 0 Å². The van der Waals surface area contributed by atoms with Crippen molar-refractivity contribution in [3.63, 3.8) is 0 Å². The molecule has 1 aromatic carbocycles. The van der Waals surface area contributed by atoms with Gasteiger partial charge in [0.15, 0.2) is 0 Å². The van der Waals surface area contributed by atoms with Crippen molar-refractivity contribution in [1.29, 1.82) is 5.26 Å². The molecule has 0 aliphatic heterocycles. The zero-order valence-corrected chi connectivity index (χ0v) is 11.3. The van der Waals surface area contributed by atoms with Crippen LogP contribution in [0.1, 0.15) is 18.0 Å². The van der Waals surface area contributed by atoms with Gasteiger partial charge in [0.25, 0.3) is 0 Å². The van der Waals surface area contributed by atoms with E-state index in [0.717, 1.165) is 18.8 Å². The van der Waals surface area contributed by atoms with Crippen molar-refractivity contribution >= 4 is 0 Å². The first kappa shape index (κ1) is 14.5. The number of ether oxygens (including phenoxy) is 1. The number of likely N-dealkylation sites (N-methyl/N-ethyl adjacent to an activating group) is 1. The lowest BCUT2D eigenvalue weighted by Gasteiger charge is -2.25. The fourth-order valence-electron chi connectivity index (χ4n) is 1.81. The summed E-state index contributed by atoms with van der Waals surface area (Å²) >= 11 is 0. The smallest absolute Gasteiger partial charge is 0.118 e. The summed E-state index contributed by atoms with van der Waals surface area (Å²) in [5.41, 5.74) is 1.24. The van der Waals surface area contributed by atoms with Gasteiger partial charge in [0.1, 0.15) is 5.75 Å². The van der Waals surface area contributed by atoms with Crippen LogP contribution in [0.5, 0.6) is 5.75 Å². The summed E-state index contributed by atoms with van der Waals surface area (Å²) in [6.07, 6.45) is 0.544. The highest BCUT2D eigenvalue weighted by molar-refractivity contribution is 5.29. The Morgan fingerprint density at radius 1 is 1.33 bits per heavy atom. The molecular weight excluding hydrogens is 226 g/mol. The normalized spacial score (nSPS) is 12.2. The second kappa shape index (κ2) is 7.70. The van der Waals surface area contributed by atoms with E-state index in [0.29, 0.717) is 12.5 Å². The summed E-state index contributed by atoms with van der Waals surface area (Å²) in [7, 11) is 5.78. The van der Waals surface area contributed by atoms with Crippen LogP contribution in [0.4, 0.5) is 0 Å². The minimum atomic E-state index is 0.301. The molecule has 1 N–H and O–H groups in total. The number of nitrogens with one attached hydrogen (secondary N) is 1. The van der Waals surface area contributed by atoms with Gasteiger partial charge in [-0.25, -0.2) is 0 Å². The molecule has 0 amide bonds. The molecule has 0 bridgehead atoms. The Kier molecular flexibility index (Phi) is 6.20. The summed E-state index contributed by atoms with van der Waals surface area (Å²) in [5, 5.41) is 11.8. The van der Waals surface area contributed by atoms with E-state index in [4.69, 9.17) is 10.00 Å². The second-order valence-corrected chi connectivity index (χ2v) is 4.36. The Morgan fingerprint density at radius 3 is 2.50 bits per heavy atom. The van der Waals surface area contributed by atoms with Crippen LogP contribution in [0.3, 0.4) is 0 Å². The van der Waals surface area contributed by atoms with E-state index in [1.807, 2.05) is 12.1 Å². The van der Waals surface area contributed by atoms with Crippen LogP contribution in [0.25, 0.3) is 0 Å². The maximum atomic E-state index is 8.50. The van der Waals surface area contributed by atoms with Crippen LogP contribution in [0.15, 0.2) is 24.3 Å². The van der Waals surface area contributed by atoms with Gasteiger partial charge in [-0.05, 0) is 31.8 Å². The van der Waals surface area contributed by atoms with Gasteiger partial charge < -0.3 is 15.0 Å². The molecule has 0 aliphatic rings. The van der Waals surface area contributed by atoms with Crippen molar-refractivity contribution in [3.8, 4) is 11.8 Å². The van der Waals surface area contributed by atoms with E-state index >= 15 is 0 Å². The molecule has 0 saturated carbocycles. The number of hydrogen-bond donors (Lipinski definition) is 1. The van der Waals surface area contributed by atoms with E-state index in [2.05, 4.69) is 42.5 Å². The first-order valence-corrected chi connectivity index (χ1v) is 6.07. The van der Waals surface area contributed by atoms with Gasteiger partial charge in [-0.15, -0.1) is 0 Å². The molecule has 0 heterocycles. The lowest BCUT2D eigenvalue weighted by atomic mass is 10.1. The van der Waals surface area contributed by atoms with Gasteiger partial charge in [0.05, 0.1) is 13.2 Å². The van der Waals surface area contributed by atoms with E-state index < -0.39 is 0 Å². The molecule has 4 heteroatoms. The third kappa shape index (κ3) is 4.36. The van der Waals surface area contributed by atoms with Crippen LogP contribution in [-0.2, 0) is 0 Å². The minimum absolute atomic E-state index is 0.301. The molecule has 0 spiro atoms. The number of rotatable bonds is 7. The van der Waals surface area contributed by atoms with Crippen molar-refractivity contribution in [2.24, 2.45) is 0 Å². The summed E-state index contributed by atoms with van der Waals surface area (Å²) in [5.74, 6) is 0.869. The Hall–Kier alpha value is -1.57. The zero-order chi connectivity index (χ0) is 13.4. The third-order valence-corrected chi connectivity index (χ3v) is 2.88. The highest BCUT2D eigenvalue weighted by Crippen LogP contribution is 2.20. The Morgan fingerprint density at radius 2 is 2.00 bits per heavy atom. The van der Waals surface area contributed by atoms with Crippen LogP contribution >= 0.6 is 0 Å². The van der Waals surface area contributed by atoms with Crippen molar-refractivity contribution < 1.29 is 4.74 Å². The molecule has 1 rings (SSSR count). The fourth-order valence-corrected chi connectivity index (χ4v) is 1.81. The quantitative estimate of drug-likeness (QED) is 0.746. The fraction of sp³-hybridized carbons (Fsp3) is 0.500. The molecule has 0 radical (unpaired) electrons. The zero-order valence-electron chi connectivity index (χ0n) is 11.3. The van der Waals surface area contributed by atoms with Crippen molar-refractivity contribution in [2.45, 2.75) is 12.5 Å². The summed E-state index contributed by atoms with van der Waals surface area (Å²) < 4.78 is 5.16. The highest BCUT2D eigenvalue weighted by atomic mass is 16.5. The highest BCUT2D eigenvalue weighted by Gasteiger charge is 2.13. The molecule has 18 heavy (non-hydrogen) atoms. The van der Waals surface area contributed by atoms with Crippen molar-refractivity contribution in [3.05, 3.63) is 29.8 Å². The lowest BCUT2D eigenvalue weighted by molar-refractivity contribution is 0.289. The molecule has 1 unspecified atom stereocenters. The summed E-state index contributed by atoms with van der Waals surface area (Å²) in [6, 6.07) is 10.5. The van der Waals surface area contributed by atoms with Gasteiger partial charge in [-0.2, -0.15) is 5.26 Å². The van der Waals surface area contributed by atoms with Crippen molar-refractivity contribution in [1.82, 2.24) is 10.2 Å². The van der Waals surface area contributed by atoms with Crippen LogP contribution < -0.4 is 10.1 Å². The van der Waals surface area contributed by atoms with E-state index in [1.165, 1.54) is 5.56 Å². The maximum absolute atomic E-state index is 8.50. The van der Waals surface area contributed by atoms with Gasteiger partial charge in [0, 0.05) is 25.6 Å². The van der Waals surface area contributed by atoms with E-state index in [9.17, 15) is 0 Å². The molecule has 0 aliphatic carbocycles. The first-order chi connectivity index (χ1) is 8.69. The monoisotopic (exact) mass is 247 g/mol. The second-order valence-electron chi connectivity index (χ2n) is 4.36. The largest absolute Gasteiger partial charge is 0.497 e. The van der Waals surface area contributed by atoms with E-state index in [1.54, 1.807) is 7.11 Å². The van der Waals surface area contributed by atoms with Gasteiger partial charge in [-0.3, -0.25) is 0 Å². The average Bonchev–Trinajstić information content (AvgIpc) is 2.39. The standard InChI is InChI=1S/C14H21N3O/c1-17(2)14(11-16-10-4-9-15)12-5-7-13(18-3)8-6-12/h5-8,14,16H,4,10-11H2,1-3H3. The maximum Gasteiger partial charge on any atom is 0.118 e. The number of nitrogens with zero attached hydrogens (tertiary/aromatic N) is 2. The average molecular weight is 247 g/mol. The van der Waals surface area contributed by atoms with Crippen LogP contribution in [0.2, 0.25) is 0 Å². The first-order valence-electron chi connectivity index (χ1n) is 6.07. The minimum Gasteiger partial charge on any atom is -0.497 e. The van der Waals surface area contributed by atoms with E-state index in [-0.39, 0.29) is 0 Å². The predicted molar refractivity (Wildman–Crippen MR) is 72.5 cm³/mol. The molecule has 0 aromatic heterocycles. The van der Waals surface area contributed by atoms with Crippen molar-refractivity contribution in [2.75, 3.05) is 34.3 Å². The molecule has 0 saturated heterocycles. The Balaban J connectivity index is 2.62. The Bertz CT molecular complexity index is 381. The number of methoxy groups -OCH3 is 1. The molecule has 1 atom stereocenters. The molecular formula is C14H21N3O. The van der Waals surface area contributed by atoms with Crippen LogP contribution in [-0.4, -0.2) is 39.2 Å². The summed E-state index contributed by atoms with van der Waals surface area (Å²) in [4.78, 5) is 2.17. The Labute approximate surface area is 109 Å². The number of benzene rings is 1. The molecule has 0 fully saturated rings.